The van der Waals surface area contributed by atoms with Crippen LogP contribution in [0.4, 0.5) is 5.82 Å². The summed E-state index contributed by atoms with van der Waals surface area (Å²) in [7, 11) is 1.79. The van der Waals surface area contributed by atoms with Crippen LogP contribution in [0, 0.1) is 5.92 Å². The number of nitrogens with zero attached hydrogens (tertiary/aromatic N) is 5. The van der Waals surface area contributed by atoms with Gasteiger partial charge in [0, 0.05) is 25.8 Å². The Morgan fingerprint density at radius 1 is 1.08 bits per heavy atom. The second kappa shape index (κ2) is 6.20. The summed E-state index contributed by atoms with van der Waals surface area (Å²) in [6.07, 6.45) is 1.34. The predicted molar refractivity (Wildman–Crippen MR) is 93.0 cm³/mol. The van der Waals surface area contributed by atoms with Crippen LogP contribution in [0.25, 0.3) is 17.0 Å². The first kappa shape index (κ1) is 15.1. The van der Waals surface area contributed by atoms with E-state index in [0.717, 1.165) is 42.4 Å². The maximum atomic E-state index is 5.62. The van der Waals surface area contributed by atoms with Crippen LogP contribution < -0.4 is 4.90 Å². The van der Waals surface area contributed by atoms with E-state index in [-0.39, 0.29) is 6.10 Å². The minimum absolute atomic E-state index is 0.241. The molecule has 24 heavy (non-hydrogen) atoms. The average Bonchev–Trinajstić information content (AvgIpc) is 3.06. The maximum absolute atomic E-state index is 5.62. The summed E-state index contributed by atoms with van der Waals surface area (Å²) in [6.45, 7) is 4.09. The largest absolute Gasteiger partial charge is 0.379 e. The van der Waals surface area contributed by atoms with Gasteiger partial charge in [0.25, 0.3) is 0 Å². The van der Waals surface area contributed by atoms with E-state index in [1.807, 2.05) is 47.0 Å². The number of piperidine rings is 1. The van der Waals surface area contributed by atoms with Gasteiger partial charge in [-0.3, -0.25) is 0 Å². The topological polar surface area (TPSA) is 55.5 Å². The van der Waals surface area contributed by atoms with Gasteiger partial charge in [0.15, 0.2) is 11.5 Å². The van der Waals surface area contributed by atoms with Crippen molar-refractivity contribution in [3.05, 3.63) is 42.5 Å². The number of benzene rings is 1. The second-order valence-electron chi connectivity index (χ2n) is 6.34. The fourth-order valence-electron chi connectivity index (χ4n) is 3.26. The maximum Gasteiger partial charge on any atom is 0.185 e. The highest BCUT2D eigenvalue weighted by molar-refractivity contribution is 5.59. The minimum Gasteiger partial charge on any atom is -0.379 e. The summed E-state index contributed by atoms with van der Waals surface area (Å²) in [4.78, 5) is 2.28. The zero-order chi connectivity index (χ0) is 16.5. The van der Waals surface area contributed by atoms with Crippen molar-refractivity contribution in [2.24, 2.45) is 5.92 Å². The van der Waals surface area contributed by atoms with Gasteiger partial charge in [-0.15, -0.1) is 15.3 Å². The van der Waals surface area contributed by atoms with Gasteiger partial charge in [0.05, 0.1) is 6.10 Å². The molecule has 6 nitrogen and oxygen atoms in total. The quantitative estimate of drug-likeness (QED) is 0.742. The smallest absolute Gasteiger partial charge is 0.185 e. The molecular weight excluding hydrogens is 302 g/mol. The molecule has 0 N–H and O–H groups in total. The highest BCUT2D eigenvalue weighted by atomic mass is 16.5. The molecule has 1 saturated heterocycles. The third-order valence-corrected chi connectivity index (χ3v) is 4.80. The molecule has 3 aromatic rings. The molecular formula is C18H21N5O. The normalized spacial score (nSPS) is 21.3. The van der Waals surface area contributed by atoms with E-state index in [1.54, 1.807) is 7.11 Å². The van der Waals surface area contributed by atoms with E-state index >= 15 is 0 Å². The predicted octanol–water partition coefficient (Wildman–Crippen LogP) is 2.65. The summed E-state index contributed by atoms with van der Waals surface area (Å²) in [5.74, 6) is 2.28. The summed E-state index contributed by atoms with van der Waals surface area (Å²) in [6, 6.07) is 14.0. The van der Waals surface area contributed by atoms with E-state index < -0.39 is 0 Å². The molecule has 6 heteroatoms. The Hall–Kier alpha value is -2.47. The number of anilines is 1. The molecule has 2 atom stereocenters. The van der Waals surface area contributed by atoms with Crippen LogP contribution in [-0.4, -0.2) is 46.1 Å². The van der Waals surface area contributed by atoms with Crippen molar-refractivity contribution < 1.29 is 4.74 Å². The number of rotatable bonds is 3. The molecule has 3 heterocycles. The van der Waals surface area contributed by atoms with Crippen LogP contribution in [0.2, 0.25) is 0 Å². The molecule has 0 saturated carbocycles. The van der Waals surface area contributed by atoms with E-state index in [0.29, 0.717) is 5.92 Å². The number of methoxy groups -OCH3 is 1. The van der Waals surface area contributed by atoms with Gasteiger partial charge in [0.2, 0.25) is 0 Å². The molecule has 1 aliphatic heterocycles. The number of aromatic nitrogens is 4. The summed E-state index contributed by atoms with van der Waals surface area (Å²) >= 11 is 0. The molecule has 4 rings (SSSR count). The number of fused-ring (bicyclic) bond motifs is 1. The number of hydrogen-bond acceptors (Lipinski definition) is 5. The molecule has 0 radical (unpaired) electrons. The van der Waals surface area contributed by atoms with Crippen molar-refractivity contribution >= 4 is 11.5 Å². The Balaban J connectivity index is 1.70. The Labute approximate surface area is 141 Å². The van der Waals surface area contributed by atoms with Crippen molar-refractivity contribution in [2.75, 3.05) is 25.1 Å². The fourth-order valence-corrected chi connectivity index (χ4v) is 3.26. The van der Waals surface area contributed by atoms with Crippen LogP contribution in [0.1, 0.15) is 13.3 Å². The molecule has 124 valence electrons. The van der Waals surface area contributed by atoms with Crippen LogP contribution in [0.5, 0.6) is 0 Å². The lowest BCUT2D eigenvalue weighted by atomic mass is 9.96. The van der Waals surface area contributed by atoms with E-state index in [9.17, 15) is 0 Å². The average molecular weight is 323 g/mol. The molecule has 2 unspecified atom stereocenters. The second-order valence-corrected chi connectivity index (χ2v) is 6.34. The Kier molecular flexibility index (Phi) is 3.90. The van der Waals surface area contributed by atoms with Crippen molar-refractivity contribution in [1.29, 1.82) is 0 Å². The van der Waals surface area contributed by atoms with Gasteiger partial charge in [-0.2, -0.15) is 4.52 Å². The van der Waals surface area contributed by atoms with Gasteiger partial charge in [0.1, 0.15) is 5.82 Å². The summed E-state index contributed by atoms with van der Waals surface area (Å²) in [5, 5.41) is 13.3. The van der Waals surface area contributed by atoms with E-state index in [4.69, 9.17) is 9.84 Å². The molecule has 1 fully saturated rings. The van der Waals surface area contributed by atoms with Crippen molar-refractivity contribution in [3.8, 4) is 11.4 Å². The van der Waals surface area contributed by atoms with Crippen LogP contribution in [0.3, 0.4) is 0 Å². The molecule has 1 aromatic carbocycles. The van der Waals surface area contributed by atoms with Crippen LogP contribution in [-0.2, 0) is 4.74 Å². The first-order valence-electron chi connectivity index (χ1n) is 8.32. The van der Waals surface area contributed by atoms with E-state index in [2.05, 4.69) is 22.0 Å². The van der Waals surface area contributed by atoms with Crippen LogP contribution in [0.15, 0.2) is 42.5 Å². The van der Waals surface area contributed by atoms with Crippen molar-refractivity contribution in [2.45, 2.75) is 19.4 Å². The molecule has 0 spiro atoms. The SMILES string of the molecule is COC1CN(c2ccc3nnc(-c4ccccc4)n3n2)CCC1C. The first-order chi connectivity index (χ1) is 11.8. The summed E-state index contributed by atoms with van der Waals surface area (Å²) in [5.41, 5.74) is 1.77. The van der Waals surface area contributed by atoms with Crippen molar-refractivity contribution in [1.82, 2.24) is 19.8 Å². The van der Waals surface area contributed by atoms with Gasteiger partial charge >= 0.3 is 0 Å². The summed E-state index contributed by atoms with van der Waals surface area (Å²) < 4.78 is 7.44. The van der Waals surface area contributed by atoms with Gasteiger partial charge < -0.3 is 9.64 Å². The lowest BCUT2D eigenvalue weighted by Gasteiger charge is -2.36. The third kappa shape index (κ3) is 2.63. The zero-order valence-electron chi connectivity index (χ0n) is 14.0. The van der Waals surface area contributed by atoms with E-state index in [1.165, 1.54) is 0 Å². The fraction of sp³-hybridized carbons (Fsp3) is 0.389. The molecule has 2 aromatic heterocycles. The Morgan fingerprint density at radius 3 is 2.71 bits per heavy atom. The number of hydrogen-bond donors (Lipinski definition) is 0. The first-order valence-corrected chi connectivity index (χ1v) is 8.32. The highest BCUT2D eigenvalue weighted by Crippen LogP contribution is 2.24. The van der Waals surface area contributed by atoms with Gasteiger partial charge in [-0.05, 0) is 24.5 Å². The van der Waals surface area contributed by atoms with Crippen LogP contribution >= 0.6 is 0 Å². The Morgan fingerprint density at radius 2 is 1.92 bits per heavy atom. The minimum atomic E-state index is 0.241. The molecule has 0 amide bonds. The third-order valence-electron chi connectivity index (χ3n) is 4.80. The monoisotopic (exact) mass is 323 g/mol. The molecule has 1 aliphatic rings. The molecule has 0 bridgehead atoms. The zero-order valence-corrected chi connectivity index (χ0v) is 14.0. The lowest BCUT2D eigenvalue weighted by molar-refractivity contribution is 0.0496. The van der Waals surface area contributed by atoms with Gasteiger partial charge in [-0.1, -0.05) is 37.3 Å². The molecule has 0 aliphatic carbocycles. The lowest BCUT2D eigenvalue weighted by Crippen LogP contribution is -2.44. The Bertz CT molecular complexity index is 832. The standard InChI is InChI=1S/C18H21N5O/c1-13-10-11-22(12-15(13)24-2)17-9-8-16-19-20-18(23(16)21-17)14-6-4-3-5-7-14/h3-9,13,15H,10-12H2,1-2H3. The number of ether oxygens (including phenoxy) is 1. The highest BCUT2D eigenvalue weighted by Gasteiger charge is 2.27. The van der Waals surface area contributed by atoms with Crippen molar-refractivity contribution in [3.63, 3.8) is 0 Å². The van der Waals surface area contributed by atoms with Gasteiger partial charge in [-0.25, -0.2) is 0 Å².